The summed E-state index contributed by atoms with van der Waals surface area (Å²) in [5.41, 5.74) is 7.81. The molecule has 128 valence electrons. The highest BCUT2D eigenvalue weighted by molar-refractivity contribution is 5.89. The predicted molar refractivity (Wildman–Crippen MR) is 98.4 cm³/mol. The number of carbonyl (C=O) groups excluding carboxylic acids is 1. The van der Waals surface area contributed by atoms with Crippen molar-refractivity contribution in [3.05, 3.63) is 73.1 Å². The minimum absolute atomic E-state index is 0.400. The van der Waals surface area contributed by atoms with Crippen molar-refractivity contribution in [3.63, 3.8) is 0 Å². The summed E-state index contributed by atoms with van der Waals surface area (Å²) in [4.78, 5) is 20.7. The van der Waals surface area contributed by atoms with Crippen LogP contribution in [0.15, 0.2) is 73.1 Å². The topological polar surface area (TPSA) is 96.2 Å². The summed E-state index contributed by atoms with van der Waals surface area (Å²) in [6.45, 7) is 0. The van der Waals surface area contributed by atoms with Crippen molar-refractivity contribution in [1.82, 2.24) is 25.0 Å². The summed E-state index contributed by atoms with van der Waals surface area (Å²) in [6, 6.07) is 20.3. The summed E-state index contributed by atoms with van der Waals surface area (Å²) >= 11 is 0. The Labute approximate surface area is 148 Å². The van der Waals surface area contributed by atoms with Gasteiger partial charge in [0, 0.05) is 17.3 Å². The molecule has 4 aromatic rings. The highest BCUT2D eigenvalue weighted by atomic mass is 16.2. The van der Waals surface area contributed by atoms with Crippen molar-refractivity contribution < 1.29 is 4.79 Å². The Bertz CT molecular complexity index is 1030. The molecule has 0 bridgehead atoms. The fraction of sp³-hybridized carbons (Fsp3) is 0. The molecule has 3 N–H and O–H groups in total. The fourth-order valence-corrected chi connectivity index (χ4v) is 2.46. The van der Waals surface area contributed by atoms with Crippen LogP contribution in [0.1, 0.15) is 0 Å². The molecule has 26 heavy (non-hydrogen) atoms. The van der Waals surface area contributed by atoms with Crippen LogP contribution in [0.2, 0.25) is 0 Å². The Kier molecular flexibility index (Phi) is 4.13. The van der Waals surface area contributed by atoms with Crippen molar-refractivity contribution in [1.29, 1.82) is 0 Å². The Balaban J connectivity index is 1.56. The maximum Gasteiger partial charge on any atom is 0.337 e. The third-order valence-electron chi connectivity index (χ3n) is 3.66. The summed E-state index contributed by atoms with van der Waals surface area (Å²) in [7, 11) is 0. The molecule has 8 heteroatoms. The number of urea groups is 1. The number of aromatic nitrogens is 4. The molecule has 2 aromatic carbocycles. The first kappa shape index (κ1) is 15.6. The van der Waals surface area contributed by atoms with E-state index in [1.54, 1.807) is 18.2 Å². The van der Waals surface area contributed by atoms with Crippen molar-refractivity contribution >= 4 is 23.3 Å². The van der Waals surface area contributed by atoms with E-state index >= 15 is 0 Å². The number of rotatable bonds is 4. The van der Waals surface area contributed by atoms with E-state index in [0.29, 0.717) is 17.3 Å². The standard InChI is InChI=1S/C18H15N7O/c26-18(21-14-9-5-2-6-10-14)24-23-16-11-15(13-7-3-1-4-8-13)22-17-19-12-20-25(16)17/h1-12,23H,(H2,21,24,26). The van der Waals surface area contributed by atoms with E-state index in [4.69, 9.17) is 0 Å². The second kappa shape index (κ2) is 6.89. The van der Waals surface area contributed by atoms with Crippen LogP contribution in [0, 0.1) is 0 Å². The number of hydrazine groups is 1. The number of carbonyl (C=O) groups is 1. The number of nitrogens with zero attached hydrogens (tertiary/aromatic N) is 4. The van der Waals surface area contributed by atoms with E-state index in [0.717, 1.165) is 11.3 Å². The number of fused-ring (bicyclic) bond motifs is 1. The highest BCUT2D eigenvalue weighted by Gasteiger charge is 2.10. The van der Waals surface area contributed by atoms with Crippen LogP contribution >= 0.6 is 0 Å². The van der Waals surface area contributed by atoms with Crippen molar-refractivity contribution in [2.75, 3.05) is 10.7 Å². The van der Waals surface area contributed by atoms with Gasteiger partial charge in [-0.1, -0.05) is 48.5 Å². The SMILES string of the molecule is O=C(NNc1cc(-c2ccccc2)nc2ncnn12)Nc1ccccc1. The second-order valence-electron chi connectivity index (χ2n) is 5.43. The Hall–Kier alpha value is -3.94. The average Bonchev–Trinajstić information content (AvgIpc) is 3.16. The van der Waals surface area contributed by atoms with Gasteiger partial charge in [-0.25, -0.2) is 9.78 Å². The zero-order valence-electron chi connectivity index (χ0n) is 13.6. The van der Waals surface area contributed by atoms with Crippen LogP contribution in [0.25, 0.3) is 17.0 Å². The lowest BCUT2D eigenvalue weighted by Gasteiger charge is -2.12. The van der Waals surface area contributed by atoms with Crippen LogP contribution < -0.4 is 16.2 Å². The molecule has 0 saturated heterocycles. The molecule has 0 fully saturated rings. The van der Waals surface area contributed by atoms with Gasteiger partial charge in [-0.05, 0) is 12.1 Å². The molecule has 4 rings (SSSR count). The molecule has 0 unspecified atom stereocenters. The molecule has 2 amide bonds. The lowest BCUT2D eigenvalue weighted by molar-refractivity contribution is 0.254. The van der Waals surface area contributed by atoms with Crippen molar-refractivity contribution in [3.8, 4) is 11.3 Å². The Morgan fingerprint density at radius 3 is 2.46 bits per heavy atom. The minimum Gasteiger partial charge on any atom is -0.307 e. The maximum atomic E-state index is 12.1. The van der Waals surface area contributed by atoms with Crippen molar-refractivity contribution in [2.24, 2.45) is 0 Å². The highest BCUT2D eigenvalue weighted by Crippen LogP contribution is 2.20. The van der Waals surface area contributed by atoms with E-state index in [1.165, 1.54) is 10.8 Å². The number of hydrogen-bond acceptors (Lipinski definition) is 5. The lowest BCUT2D eigenvalue weighted by Crippen LogP contribution is -2.34. The lowest BCUT2D eigenvalue weighted by atomic mass is 10.1. The maximum absolute atomic E-state index is 12.1. The predicted octanol–water partition coefficient (Wildman–Crippen LogP) is 2.94. The zero-order valence-corrected chi connectivity index (χ0v) is 13.6. The summed E-state index contributed by atoms with van der Waals surface area (Å²) < 4.78 is 1.51. The number of benzene rings is 2. The molecule has 0 aliphatic carbocycles. The molecule has 0 spiro atoms. The van der Waals surface area contributed by atoms with E-state index in [1.807, 2.05) is 48.5 Å². The molecule has 0 aliphatic heterocycles. The molecule has 0 radical (unpaired) electrons. The number of anilines is 2. The van der Waals surface area contributed by atoms with E-state index in [-0.39, 0.29) is 0 Å². The smallest absolute Gasteiger partial charge is 0.307 e. The third kappa shape index (κ3) is 3.29. The van der Waals surface area contributed by atoms with Crippen LogP contribution in [-0.4, -0.2) is 25.6 Å². The van der Waals surface area contributed by atoms with Crippen molar-refractivity contribution in [2.45, 2.75) is 0 Å². The largest absolute Gasteiger partial charge is 0.337 e. The Morgan fingerprint density at radius 1 is 0.962 bits per heavy atom. The van der Waals surface area contributed by atoms with E-state index < -0.39 is 6.03 Å². The quantitative estimate of drug-likeness (QED) is 0.494. The minimum atomic E-state index is -0.400. The van der Waals surface area contributed by atoms with Gasteiger partial charge in [-0.2, -0.15) is 14.6 Å². The fourth-order valence-electron chi connectivity index (χ4n) is 2.46. The summed E-state index contributed by atoms with van der Waals surface area (Å²) in [5.74, 6) is 0.966. The monoisotopic (exact) mass is 345 g/mol. The van der Waals surface area contributed by atoms with Gasteiger partial charge in [0.1, 0.15) is 6.33 Å². The first-order valence-corrected chi connectivity index (χ1v) is 7.94. The van der Waals surface area contributed by atoms with Gasteiger partial charge in [0.15, 0.2) is 5.82 Å². The van der Waals surface area contributed by atoms with Gasteiger partial charge < -0.3 is 5.32 Å². The normalized spacial score (nSPS) is 10.5. The molecular formula is C18H15N7O. The average molecular weight is 345 g/mol. The third-order valence-corrected chi connectivity index (χ3v) is 3.66. The van der Waals surface area contributed by atoms with Gasteiger partial charge in [0.2, 0.25) is 0 Å². The van der Waals surface area contributed by atoms with Crippen LogP contribution in [0.5, 0.6) is 0 Å². The van der Waals surface area contributed by atoms with Gasteiger partial charge in [-0.15, -0.1) is 0 Å². The zero-order chi connectivity index (χ0) is 17.8. The second-order valence-corrected chi connectivity index (χ2v) is 5.43. The van der Waals surface area contributed by atoms with Crippen LogP contribution in [0.3, 0.4) is 0 Å². The first-order chi connectivity index (χ1) is 12.8. The molecule has 0 atom stereocenters. The molecule has 0 saturated carbocycles. The first-order valence-electron chi connectivity index (χ1n) is 7.94. The Morgan fingerprint density at radius 2 is 1.69 bits per heavy atom. The molecular weight excluding hydrogens is 330 g/mol. The van der Waals surface area contributed by atoms with Crippen LogP contribution in [-0.2, 0) is 0 Å². The number of para-hydroxylation sites is 1. The molecule has 2 aromatic heterocycles. The van der Waals surface area contributed by atoms with E-state index in [9.17, 15) is 4.79 Å². The molecule has 2 heterocycles. The van der Waals surface area contributed by atoms with Gasteiger partial charge >= 0.3 is 6.03 Å². The van der Waals surface area contributed by atoms with Gasteiger partial charge in [0.05, 0.1) is 5.69 Å². The molecule has 0 aliphatic rings. The number of amides is 2. The molecule has 8 nitrogen and oxygen atoms in total. The summed E-state index contributed by atoms with van der Waals surface area (Å²) in [6.07, 6.45) is 1.41. The summed E-state index contributed by atoms with van der Waals surface area (Å²) in [5, 5.41) is 6.85. The van der Waals surface area contributed by atoms with E-state index in [2.05, 4.69) is 31.2 Å². The number of hydrogen-bond donors (Lipinski definition) is 3. The van der Waals surface area contributed by atoms with Gasteiger partial charge in [-0.3, -0.25) is 10.9 Å². The number of nitrogens with one attached hydrogen (secondary N) is 3. The van der Waals surface area contributed by atoms with Crippen LogP contribution in [0.4, 0.5) is 16.3 Å². The van der Waals surface area contributed by atoms with Gasteiger partial charge in [0.25, 0.3) is 5.78 Å².